The maximum Gasteiger partial charge on any atom is 0.225 e. The number of nitrogens with one attached hydrogen (secondary N) is 1. The van der Waals surface area contributed by atoms with Crippen LogP contribution in [0.25, 0.3) is 0 Å². The van der Waals surface area contributed by atoms with Gasteiger partial charge in [-0.1, -0.05) is 23.7 Å². The topological polar surface area (TPSA) is 52.9 Å². The van der Waals surface area contributed by atoms with Crippen LogP contribution in [-0.4, -0.2) is 12.2 Å². The maximum atomic E-state index is 11.7. The van der Waals surface area contributed by atoms with Crippen molar-refractivity contribution in [3.8, 4) is 6.07 Å². The van der Waals surface area contributed by atoms with Gasteiger partial charge in [-0.2, -0.15) is 5.26 Å². The standard InChI is InChI=1S/C13H11ClN2OS/c1-18-13-11(7-15)10(6-12(17)16-13)8-2-4-9(14)5-3-8/h2-5,10H,6H2,1H3,(H,16,17). The highest BCUT2D eigenvalue weighted by atomic mass is 35.5. The molecule has 0 saturated heterocycles. The number of nitrogens with zero attached hydrogens (tertiary/aromatic N) is 1. The Kier molecular flexibility index (Phi) is 3.95. The first-order chi connectivity index (χ1) is 8.65. The van der Waals surface area contributed by atoms with E-state index in [1.54, 1.807) is 12.1 Å². The number of benzene rings is 1. The van der Waals surface area contributed by atoms with Crippen molar-refractivity contribution < 1.29 is 4.79 Å². The summed E-state index contributed by atoms with van der Waals surface area (Å²) >= 11 is 7.23. The summed E-state index contributed by atoms with van der Waals surface area (Å²) in [5.41, 5.74) is 1.56. The van der Waals surface area contributed by atoms with Crippen LogP contribution in [0.5, 0.6) is 0 Å². The van der Waals surface area contributed by atoms with Gasteiger partial charge in [-0.3, -0.25) is 4.79 Å². The fraction of sp³-hybridized carbons (Fsp3) is 0.231. The van der Waals surface area contributed by atoms with E-state index in [0.29, 0.717) is 22.0 Å². The van der Waals surface area contributed by atoms with E-state index in [2.05, 4.69) is 11.4 Å². The molecule has 0 bridgehead atoms. The summed E-state index contributed by atoms with van der Waals surface area (Å²) < 4.78 is 0. The molecular formula is C13H11ClN2OS. The fourth-order valence-electron chi connectivity index (χ4n) is 1.96. The van der Waals surface area contributed by atoms with Crippen LogP contribution < -0.4 is 5.32 Å². The molecule has 0 radical (unpaired) electrons. The molecule has 1 aromatic carbocycles. The number of carbonyl (C=O) groups excluding carboxylic acids is 1. The maximum absolute atomic E-state index is 11.7. The molecule has 0 aliphatic carbocycles. The molecule has 92 valence electrons. The molecular weight excluding hydrogens is 268 g/mol. The minimum atomic E-state index is -0.177. The highest BCUT2D eigenvalue weighted by Crippen LogP contribution is 2.35. The van der Waals surface area contributed by atoms with Gasteiger partial charge in [-0.15, -0.1) is 11.8 Å². The Morgan fingerprint density at radius 1 is 1.44 bits per heavy atom. The molecule has 3 nitrogen and oxygen atoms in total. The quantitative estimate of drug-likeness (QED) is 0.905. The zero-order valence-electron chi connectivity index (χ0n) is 9.74. The van der Waals surface area contributed by atoms with E-state index in [4.69, 9.17) is 11.6 Å². The van der Waals surface area contributed by atoms with Crippen molar-refractivity contribution in [2.24, 2.45) is 0 Å². The van der Waals surface area contributed by atoms with Gasteiger partial charge in [0, 0.05) is 17.4 Å². The number of thioether (sulfide) groups is 1. The van der Waals surface area contributed by atoms with Gasteiger partial charge in [0.05, 0.1) is 16.7 Å². The van der Waals surface area contributed by atoms with Gasteiger partial charge < -0.3 is 5.32 Å². The van der Waals surface area contributed by atoms with Crippen molar-refractivity contribution in [2.75, 3.05) is 6.26 Å². The van der Waals surface area contributed by atoms with Gasteiger partial charge in [-0.25, -0.2) is 0 Å². The summed E-state index contributed by atoms with van der Waals surface area (Å²) in [5, 5.41) is 13.3. The highest BCUT2D eigenvalue weighted by Gasteiger charge is 2.28. The lowest BCUT2D eigenvalue weighted by atomic mass is 9.87. The molecule has 1 unspecified atom stereocenters. The number of hydrogen-bond acceptors (Lipinski definition) is 3. The van der Waals surface area contributed by atoms with Crippen molar-refractivity contribution in [2.45, 2.75) is 12.3 Å². The first kappa shape index (κ1) is 13.0. The minimum Gasteiger partial charge on any atom is -0.320 e. The normalized spacial score (nSPS) is 19.4. The van der Waals surface area contributed by atoms with Crippen LogP contribution in [0.4, 0.5) is 0 Å². The van der Waals surface area contributed by atoms with E-state index in [-0.39, 0.29) is 11.8 Å². The van der Waals surface area contributed by atoms with Crippen LogP contribution in [0, 0.1) is 11.3 Å². The van der Waals surface area contributed by atoms with Crippen LogP contribution in [0.1, 0.15) is 17.9 Å². The molecule has 0 spiro atoms. The monoisotopic (exact) mass is 278 g/mol. The second kappa shape index (κ2) is 5.47. The van der Waals surface area contributed by atoms with Gasteiger partial charge in [0.1, 0.15) is 0 Å². The van der Waals surface area contributed by atoms with E-state index in [0.717, 1.165) is 5.56 Å². The second-order valence-electron chi connectivity index (χ2n) is 3.92. The van der Waals surface area contributed by atoms with E-state index in [1.807, 2.05) is 18.4 Å². The number of nitriles is 1. The first-order valence-corrected chi connectivity index (χ1v) is 6.99. The van der Waals surface area contributed by atoms with E-state index >= 15 is 0 Å². The first-order valence-electron chi connectivity index (χ1n) is 5.39. The summed E-state index contributed by atoms with van der Waals surface area (Å²) in [4.78, 5) is 11.7. The van der Waals surface area contributed by atoms with Crippen molar-refractivity contribution in [3.63, 3.8) is 0 Å². The number of rotatable bonds is 2. The number of hydrogen-bond donors (Lipinski definition) is 1. The molecule has 0 fully saturated rings. The van der Waals surface area contributed by atoms with Crippen LogP contribution in [0.15, 0.2) is 34.9 Å². The Labute approximate surface area is 115 Å². The zero-order chi connectivity index (χ0) is 13.1. The predicted octanol–water partition coefficient (Wildman–Crippen LogP) is 3.04. The Balaban J connectivity index is 2.45. The number of amides is 1. The lowest BCUT2D eigenvalue weighted by molar-refractivity contribution is -0.120. The van der Waals surface area contributed by atoms with Crippen LogP contribution in [0.3, 0.4) is 0 Å². The molecule has 1 N–H and O–H groups in total. The lowest BCUT2D eigenvalue weighted by Crippen LogP contribution is -2.30. The van der Waals surface area contributed by atoms with Crippen molar-refractivity contribution in [3.05, 3.63) is 45.5 Å². The molecule has 18 heavy (non-hydrogen) atoms. The van der Waals surface area contributed by atoms with Crippen molar-refractivity contribution >= 4 is 29.3 Å². The fourth-order valence-corrected chi connectivity index (χ4v) is 2.71. The Bertz CT molecular complexity index is 545. The molecule has 0 saturated carbocycles. The third-order valence-corrected chi connectivity index (χ3v) is 3.81. The molecule has 0 aromatic heterocycles. The van der Waals surface area contributed by atoms with Crippen LogP contribution in [0.2, 0.25) is 5.02 Å². The zero-order valence-corrected chi connectivity index (χ0v) is 11.3. The molecule has 1 aliphatic heterocycles. The predicted molar refractivity (Wildman–Crippen MR) is 73.1 cm³/mol. The third-order valence-electron chi connectivity index (χ3n) is 2.83. The molecule has 1 aliphatic rings. The summed E-state index contributed by atoms with van der Waals surface area (Å²) in [7, 11) is 0. The number of halogens is 1. The second-order valence-corrected chi connectivity index (χ2v) is 5.17. The minimum absolute atomic E-state index is 0.0571. The van der Waals surface area contributed by atoms with Crippen LogP contribution in [-0.2, 0) is 4.79 Å². The average molecular weight is 279 g/mol. The van der Waals surface area contributed by atoms with Gasteiger partial charge in [-0.05, 0) is 24.0 Å². The molecule has 1 aromatic rings. The van der Waals surface area contributed by atoms with Crippen LogP contribution >= 0.6 is 23.4 Å². The molecule has 1 heterocycles. The summed E-state index contributed by atoms with van der Waals surface area (Å²) in [6.45, 7) is 0. The van der Waals surface area contributed by atoms with E-state index < -0.39 is 0 Å². The smallest absolute Gasteiger partial charge is 0.225 e. The number of allylic oxidation sites excluding steroid dienone is 1. The number of carbonyl (C=O) groups is 1. The Morgan fingerprint density at radius 3 is 2.67 bits per heavy atom. The van der Waals surface area contributed by atoms with E-state index in [1.165, 1.54) is 11.8 Å². The van der Waals surface area contributed by atoms with E-state index in [9.17, 15) is 10.1 Å². The highest BCUT2D eigenvalue weighted by molar-refractivity contribution is 8.02. The lowest BCUT2D eigenvalue weighted by Gasteiger charge is -2.24. The molecule has 1 amide bonds. The summed E-state index contributed by atoms with van der Waals surface area (Å²) in [6.07, 6.45) is 2.14. The third kappa shape index (κ3) is 2.53. The van der Waals surface area contributed by atoms with Gasteiger partial charge in [0.2, 0.25) is 5.91 Å². The summed E-state index contributed by atoms with van der Waals surface area (Å²) in [6, 6.07) is 9.47. The average Bonchev–Trinajstić information content (AvgIpc) is 2.38. The van der Waals surface area contributed by atoms with Gasteiger partial charge >= 0.3 is 0 Å². The van der Waals surface area contributed by atoms with Gasteiger partial charge in [0.15, 0.2) is 0 Å². The SMILES string of the molecule is CSC1=C(C#N)C(c2ccc(Cl)cc2)CC(=O)N1. The van der Waals surface area contributed by atoms with Crippen molar-refractivity contribution in [1.82, 2.24) is 5.32 Å². The summed E-state index contributed by atoms with van der Waals surface area (Å²) in [5.74, 6) is -0.234. The van der Waals surface area contributed by atoms with Gasteiger partial charge in [0.25, 0.3) is 0 Å². The molecule has 2 rings (SSSR count). The molecule has 1 atom stereocenters. The Hall–Kier alpha value is -1.44. The van der Waals surface area contributed by atoms with Crippen molar-refractivity contribution in [1.29, 1.82) is 5.26 Å². The largest absolute Gasteiger partial charge is 0.320 e. The Morgan fingerprint density at radius 2 is 2.11 bits per heavy atom. The molecule has 5 heteroatoms.